The normalized spacial score (nSPS) is 10.1. The molecule has 82 valence electrons. The molecule has 0 atom stereocenters. The monoisotopic (exact) mass is 214 g/mol. The Labute approximate surface area is 95.0 Å². The minimum atomic E-state index is 0.761. The Kier molecular flexibility index (Phi) is 3.43. The van der Waals surface area contributed by atoms with Gasteiger partial charge in [0.2, 0.25) is 5.95 Å². The fourth-order valence-corrected chi connectivity index (χ4v) is 1.43. The molecular formula is C12H14N4. The maximum Gasteiger partial charge on any atom is 0.224 e. The van der Waals surface area contributed by atoms with Crippen LogP contribution in [0.4, 0.5) is 5.95 Å². The highest BCUT2D eigenvalue weighted by Gasteiger charge is 2.02. The van der Waals surface area contributed by atoms with E-state index in [0.29, 0.717) is 0 Å². The second-order valence-electron chi connectivity index (χ2n) is 3.58. The van der Waals surface area contributed by atoms with Gasteiger partial charge in [0.1, 0.15) is 0 Å². The highest BCUT2D eigenvalue weighted by atomic mass is 15.2. The molecule has 0 saturated heterocycles. The van der Waals surface area contributed by atoms with E-state index in [-0.39, 0.29) is 0 Å². The summed E-state index contributed by atoms with van der Waals surface area (Å²) in [4.78, 5) is 14.4. The predicted octanol–water partition coefficient (Wildman–Crippen LogP) is 1.55. The second kappa shape index (κ2) is 5.21. The number of anilines is 1. The van der Waals surface area contributed by atoms with Crippen molar-refractivity contribution >= 4 is 5.95 Å². The first kappa shape index (κ1) is 10.5. The zero-order valence-electron chi connectivity index (χ0n) is 9.24. The van der Waals surface area contributed by atoms with Crippen molar-refractivity contribution in [1.82, 2.24) is 15.0 Å². The molecule has 0 unspecified atom stereocenters. The zero-order chi connectivity index (χ0) is 11.2. The molecule has 2 heterocycles. The minimum Gasteiger partial charge on any atom is -0.344 e. The molecule has 0 saturated carbocycles. The summed E-state index contributed by atoms with van der Waals surface area (Å²) in [5, 5.41) is 0. The molecule has 0 radical (unpaired) electrons. The third kappa shape index (κ3) is 2.76. The summed E-state index contributed by atoms with van der Waals surface area (Å²) in [7, 11) is 2.00. The Balaban J connectivity index is 1.92. The molecule has 0 fully saturated rings. The first-order valence-corrected chi connectivity index (χ1v) is 5.23. The van der Waals surface area contributed by atoms with Crippen LogP contribution in [-0.4, -0.2) is 28.5 Å². The van der Waals surface area contributed by atoms with E-state index in [4.69, 9.17) is 0 Å². The van der Waals surface area contributed by atoms with Gasteiger partial charge in [-0.3, -0.25) is 4.98 Å². The van der Waals surface area contributed by atoms with Crippen molar-refractivity contribution in [3.63, 3.8) is 0 Å². The third-order valence-corrected chi connectivity index (χ3v) is 2.38. The van der Waals surface area contributed by atoms with E-state index in [9.17, 15) is 0 Å². The largest absolute Gasteiger partial charge is 0.344 e. The summed E-state index contributed by atoms with van der Waals surface area (Å²) >= 11 is 0. The van der Waals surface area contributed by atoms with Crippen molar-refractivity contribution in [1.29, 1.82) is 0 Å². The van der Waals surface area contributed by atoms with Gasteiger partial charge in [-0.15, -0.1) is 0 Å². The van der Waals surface area contributed by atoms with Gasteiger partial charge in [-0.1, -0.05) is 0 Å². The number of aromatic nitrogens is 3. The van der Waals surface area contributed by atoms with Crippen molar-refractivity contribution in [2.24, 2.45) is 0 Å². The van der Waals surface area contributed by atoms with E-state index in [0.717, 1.165) is 18.9 Å². The van der Waals surface area contributed by atoms with Crippen LogP contribution >= 0.6 is 0 Å². The van der Waals surface area contributed by atoms with Gasteiger partial charge in [0.05, 0.1) is 0 Å². The molecule has 2 rings (SSSR count). The smallest absolute Gasteiger partial charge is 0.224 e. The molecule has 0 N–H and O–H groups in total. The van der Waals surface area contributed by atoms with E-state index in [1.54, 1.807) is 12.4 Å². The van der Waals surface area contributed by atoms with E-state index in [1.807, 2.05) is 42.5 Å². The van der Waals surface area contributed by atoms with Crippen LogP contribution < -0.4 is 4.90 Å². The zero-order valence-corrected chi connectivity index (χ0v) is 9.24. The summed E-state index contributed by atoms with van der Waals surface area (Å²) in [6, 6.07) is 5.87. The highest BCUT2D eigenvalue weighted by Crippen LogP contribution is 2.04. The Hall–Kier alpha value is -1.97. The van der Waals surface area contributed by atoms with Crippen LogP contribution in [0.15, 0.2) is 43.0 Å². The number of hydrogen-bond donors (Lipinski definition) is 0. The van der Waals surface area contributed by atoms with Gasteiger partial charge >= 0.3 is 0 Å². The standard InChI is InChI=1S/C12H14N4/c1-16(12-14-6-2-7-15-12)10-5-11-3-8-13-9-4-11/h2-4,6-9H,5,10H2,1H3. The maximum absolute atomic E-state index is 4.19. The van der Waals surface area contributed by atoms with Gasteiger partial charge in [-0.25, -0.2) is 9.97 Å². The van der Waals surface area contributed by atoms with E-state index < -0.39 is 0 Å². The molecule has 2 aromatic heterocycles. The Morgan fingerprint density at radius 2 is 1.75 bits per heavy atom. The van der Waals surface area contributed by atoms with Gasteiger partial charge in [0.25, 0.3) is 0 Å². The highest BCUT2D eigenvalue weighted by molar-refractivity contribution is 5.27. The van der Waals surface area contributed by atoms with Crippen LogP contribution in [0, 0.1) is 0 Å². The van der Waals surface area contributed by atoms with Gasteiger partial charge in [0.15, 0.2) is 0 Å². The van der Waals surface area contributed by atoms with Crippen molar-refractivity contribution in [3.05, 3.63) is 48.5 Å². The summed E-state index contributed by atoms with van der Waals surface area (Å²) in [6.07, 6.45) is 8.11. The number of pyridine rings is 1. The molecule has 0 aromatic carbocycles. The van der Waals surface area contributed by atoms with Crippen molar-refractivity contribution in [2.45, 2.75) is 6.42 Å². The molecule has 0 aliphatic heterocycles. The average Bonchev–Trinajstić information content (AvgIpc) is 2.38. The van der Waals surface area contributed by atoms with Gasteiger partial charge in [-0.2, -0.15) is 0 Å². The SMILES string of the molecule is CN(CCc1ccncc1)c1ncccn1. The van der Waals surface area contributed by atoms with Gasteiger partial charge < -0.3 is 4.90 Å². The summed E-state index contributed by atoms with van der Waals surface area (Å²) in [5.41, 5.74) is 1.28. The number of likely N-dealkylation sites (N-methyl/N-ethyl adjacent to an activating group) is 1. The van der Waals surface area contributed by atoms with Crippen LogP contribution in [0.1, 0.15) is 5.56 Å². The lowest BCUT2D eigenvalue weighted by Crippen LogP contribution is -2.22. The lowest BCUT2D eigenvalue weighted by Gasteiger charge is -2.16. The van der Waals surface area contributed by atoms with Crippen LogP contribution in [0.2, 0.25) is 0 Å². The molecule has 0 aliphatic carbocycles. The van der Waals surface area contributed by atoms with Crippen LogP contribution in [0.25, 0.3) is 0 Å². The fraction of sp³-hybridized carbons (Fsp3) is 0.250. The lowest BCUT2D eigenvalue weighted by atomic mass is 10.2. The van der Waals surface area contributed by atoms with Crippen LogP contribution in [0.5, 0.6) is 0 Å². The number of nitrogens with zero attached hydrogens (tertiary/aromatic N) is 4. The average molecular weight is 214 g/mol. The molecular weight excluding hydrogens is 200 g/mol. The van der Waals surface area contributed by atoms with Gasteiger partial charge in [0, 0.05) is 38.4 Å². The Morgan fingerprint density at radius 1 is 1.06 bits per heavy atom. The molecule has 4 heteroatoms. The number of rotatable bonds is 4. The van der Waals surface area contributed by atoms with E-state index >= 15 is 0 Å². The minimum absolute atomic E-state index is 0.761. The van der Waals surface area contributed by atoms with E-state index in [2.05, 4.69) is 15.0 Å². The molecule has 16 heavy (non-hydrogen) atoms. The van der Waals surface area contributed by atoms with Crippen molar-refractivity contribution in [2.75, 3.05) is 18.5 Å². The topological polar surface area (TPSA) is 41.9 Å². The van der Waals surface area contributed by atoms with Crippen molar-refractivity contribution < 1.29 is 0 Å². The summed E-state index contributed by atoms with van der Waals surface area (Å²) in [6.45, 7) is 0.897. The molecule has 4 nitrogen and oxygen atoms in total. The van der Waals surface area contributed by atoms with Crippen LogP contribution in [0.3, 0.4) is 0 Å². The fourth-order valence-electron chi connectivity index (χ4n) is 1.43. The molecule has 0 spiro atoms. The first-order chi connectivity index (χ1) is 7.86. The third-order valence-electron chi connectivity index (χ3n) is 2.38. The second-order valence-corrected chi connectivity index (χ2v) is 3.58. The summed E-state index contributed by atoms with van der Waals surface area (Å²) in [5.74, 6) is 0.761. The quantitative estimate of drug-likeness (QED) is 0.774. The Morgan fingerprint density at radius 3 is 2.44 bits per heavy atom. The molecule has 0 bridgehead atoms. The number of hydrogen-bond acceptors (Lipinski definition) is 4. The van der Waals surface area contributed by atoms with Crippen LogP contribution in [-0.2, 0) is 6.42 Å². The van der Waals surface area contributed by atoms with Crippen molar-refractivity contribution in [3.8, 4) is 0 Å². The molecule has 0 amide bonds. The summed E-state index contributed by atoms with van der Waals surface area (Å²) < 4.78 is 0. The Bertz CT molecular complexity index is 416. The lowest BCUT2D eigenvalue weighted by molar-refractivity contribution is 0.836. The predicted molar refractivity (Wildman–Crippen MR) is 63.2 cm³/mol. The molecule has 2 aromatic rings. The maximum atomic E-state index is 4.19. The van der Waals surface area contributed by atoms with Gasteiger partial charge in [-0.05, 0) is 30.2 Å². The first-order valence-electron chi connectivity index (χ1n) is 5.23. The van der Waals surface area contributed by atoms with E-state index in [1.165, 1.54) is 5.56 Å². The molecule has 0 aliphatic rings.